The third-order valence-electron chi connectivity index (χ3n) is 3.38. The molecule has 23 heavy (non-hydrogen) atoms. The molecule has 2 N–H and O–H groups in total. The highest BCUT2D eigenvalue weighted by atomic mass is 35.5. The largest absolute Gasteiger partial charge is 0.359 e. The third-order valence-corrected chi connectivity index (χ3v) is 3.68. The fourth-order valence-corrected chi connectivity index (χ4v) is 2.60. The molecule has 1 aromatic heterocycles. The lowest BCUT2D eigenvalue weighted by Crippen LogP contribution is -2.47. The number of carbonyl (C=O) groups excluding carboxylic acids is 2. The van der Waals surface area contributed by atoms with Crippen molar-refractivity contribution in [1.82, 2.24) is 15.3 Å². The predicted octanol–water partition coefficient (Wildman–Crippen LogP) is 1.32. The van der Waals surface area contributed by atoms with Crippen LogP contribution in [0.2, 0.25) is 5.02 Å². The van der Waals surface area contributed by atoms with Crippen molar-refractivity contribution in [2.75, 3.05) is 29.9 Å². The molecule has 2 aromatic rings. The Hall–Kier alpha value is -2.67. The maximum Gasteiger partial charge on any atom is 0.275 e. The average Bonchev–Trinajstić information content (AvgIpc) is 2.56. The Balaban J connectivity index is 1.74. The molecule has 7 nitrogen and oxygen atoms in total. The summed E-state index contributed by atoms with van der Waals surface area (Å²) in [4.78, 5) is 33.2. The molecule has 118 valence electrons. The molecule has 0 spiro atoms. The second-order valence-corrected chi connectivity index (χ2v) is 5.39. The summed E-state index contributed by atoms with van der Waals surface area (Å²) in [6, 6.07) is 5.17. The summed E-state index contributed by atoms with van der Waals surface area (Å²) in [7, 11) is 0. The first-order valence-electron chi connectivity index (χ1n) is 7.02. The lowest BCUT2D eigenvalue weighted by molar-refractivity contribution is -0.120. The summed E-state index contributed by atoms with van der Waals surface area (Å²) in [5.41, 5.74) is 1.54. The van der Waals surface area contributed by atoms with Crippen molar-refractivity contribution in [2.24, 2.45) is 0 Å². The lowest BCUT2D eigenvalue weighted by atomic mass is 10.2. The molecule has 0 atom stereocenters. The summed E-state index contributed by atoms with van der Waals surface area (Å²) in [6.07, 6.45) is 4.33. The Morgan fingerprint density at radius 1 is 1.35 bits per heavy atom. The van der Waals surface area contributed by atoms with Crippen LogP contribution < -0.4 is 15.5 Å². The average molecular weight is 332 g/mol. The van der Waals surface area contributed by atoms with Crippen molar-refractivity contribution >= 4 is 34.8 Å². The van der Waals surface area contributed by atoms with Gasteiger partial charge in [-0.25, -0.2) is 4.98 Å². The lowest BCUT2D eigenvalue weighted by Gasteiger charge is -2.29. The van der Waals surface area contributed by atoms with Gasteiger partial charge in [-0.15, -0.1) is 0 Å². The van der Waals surface area contributed by atoms with Gasteiger partial charge < -0.3 is 15.5 Å². The number of rotatable bonds is 3. The normalized spacial score (nSPS) is 14.3. The van der Waals surface area contributed by atoms with Crippen LogP contribution in [0.3, 0.4) is 0 Å². The zero-order valence-electron chi connectivity index (χ0n) is 12.1. The Bertz CT molecular complexity index is 738. The Morgan fingerprint density at radius 3 is 2.91 bits per heavy atom. The number of benzene rings is 1. The van der Waals surface area contributed by atoms with Crippen LogP contribution in [0.4, 0.5) is 11.4 Å². The van der Waals surface area contributed by atoms with Crippen molar-refractivity contribution < 1.29 is 9.59 Å². The van der Waals surface area contributed by atoms with Gasteiger partial charge in [-0.1, -0.05) is 11.6 Å². The van der Waals surface area contributed by atoms with Gasteiger partial charge in [-0.3, -0.25) is 14.6 Å². The van der Waals surface area contributed by atoms with Gasteiger partial charge in [0.25, 0.3) is 5.91 Å². The van der Waals surface area contributed by atoms with E-state index in [1.807, 2.05) is 4.90 Å². The fraction of sp³-hybridized carbons (Fsp3) is 0.200. The summed E-state index contributed by atoms with van der Waals surface area (Å²) in [6.45, 7) is 1.54. The molecule has 8 heteroatoms. The number of hydrogen-bond donors (Lipinski definition) is 2. The van der Waals surface area contributed by atoms with Gasteiger partial charge in [0.2, 0.25) is 5.91 Å². The van der Waals surface area contributed by atoms with Crippen molar-refractivity contribution in [3.8, 4) is 0 Å². The molecule has 2 heterocycles. The first-order chi connectivity index (χ1) is 11.1. The predicted molar refractivity (Wildman–Crippen MR) is 86.7 cm³/mol. The van der Waals surface area contributed by atoms with E-state index in [-0.39, 0.29) is 24.1 Å². The van der Waals surface area contributed by atoms with Crippen molar-refractivity contribution in [2.45, 2.75) is 0 Å². The van der Waals surface area contributed by atoms with Crippen LogP contribution in [0.1, 0.15) is 10.5 Å². The second kappa shape index (κ2) is 6.62. The van der Waals surface area contributed by atoms with E-state index in [4.69, 9.17) is 11.6 Å². The number of aromatic nitrogens is 2. The van der Waals surface area contributed by atoms with Gasteiger partial charge in [0.15, 0.2) is 0 Å². The number of nitrogens with zero attached hydrogens (tertiary/aromatic N) is 3. The molecule has 0 radical (unpaired) electrons. The van der Waals surface area contributed by atoms with Crippen LogP contribution in [0.15, 0.2) is 36.8 Å². The number of anilines is 2. The van der Waals surface area contributed by atoms with Gasteiger partial charge in [-0.05, 0) is 18.2 Å². The van der Waals surface area contributed by atoms with Crippen molar-refractivity contribution in [1.29, 1.82) is 0 Å². The van der Waals surface area contributed by atoms with Crippen molar-refractivity contribution in [3.63, 3.8) is 0 Å². The second-order valence-electron chi connectivity index (χ2n) is 4.98. The van der Waals surface area contributed by atoms with Gasteiger partial charge in [0, 0.05) is 31.2 Å². The molecule has 1 aliphatic heterocycles. The smallest absolute Gasteiger partial charge is 0.275 e. The highest BCUT2D eigenvalue weighted by molar-refractivity contribution is 6.33. The molecule has 1 aromatic carbocycles. The number of amides is 2. The van der Waals surface area contributed by atoms with Gasteiger partial charge in [0.05, 0.1) is 23.5 Å². The van der Waals surface area contributed by atoms with Gasteiger partial charge in [-0.2, -0.15) is 0 Å². The minimum Gasteiger partial charge on any atom is -0.359 e. The van der Waals surface area contributed by atoms with Gasteiger partial charge >= 0.3 is 0 Å². The zero-order valence-corrected chi connectivity index (χ0v) is 12.9. The summed E-state index contributed by atoms with van der Waals surface area (Å²) >= 11 is 6.29. The molecule has 0 unspecified atom stereocenters. The van der Waals surface area contributed by atoms with E-state index < -0.39 is 0 Å². The third kappa shape index (κ3) is 3.57. The number of carbonyl (C=O) groups is 2. The zero-order chi connectivity index (χ0) is 16.2. The molecular weight excluding hydrogens is 318 g/mol. The Kier molecular flexibility index (Phi) is 4.38. The molecule has 1 saturated heterocycles. The van der Waals surface area contributed by atoms with Crippen LogP contribution in [0, 0.1) is 0 Å². The van der Waals surface area contributed by atoms with E-state index in [1.54, 1.807) is 18.2 Å². The van der Waals surface area contributed by atoms with Crippen LogP contribution in [-0.2, 0) is 4.79 Å². The Labute approximate surface area is 137 Å². The molecule has 0 aliphatic carbocycles. The first kappa shape index (κ1) is 15.2. The number of nitrogens with one attached hydrogen (secondary N) is 2. The summed E-state index contributed by atoms with van der Waals surface area (Å²) < 4.78 is 0. The van der Waals surface area contributed by atoms with Crippen molar-refractivity contribution in [3.05, 3.63) is 47.5 Å². The van der Waals surface area contributed by atoms with Crippen LogP contribution in [0.25, 0.3) is 0 Å². The van der Waals surface area contributed by atoms with E-state index in [2.05, 4.69) is 20.6 Å². The molecular formula is C15H14ClN5O2. The summed E-state index contributed by atoms with van der Waals surface area (Å²) in [5, 5.41) is 5.95. The van der Waals surface area contributed by atoms with E-state index in [9.17, 15) is 9.59 Å². The number of piperazine rings is 1. The Morgan fingerprint density at radius 2 is 2.22 bits per heavy atom. The maximum absolute atomic E-state index is 12.0. The first-order valence-corrected chi connectivity index (χ1v) is 7.40. The molecule has 1 aliphatic rings. The van der Waals surface area contributed by atoms with E-state index in [1.165, 1.54) is 18.6 Å². The number of hydrogen-bond acceptors (Lipinski definition) is 5. The van der Waals surface area contributed by atoms with E-state index in [0.717, 1.165) is 5.69 Å². The molecule has 1 fully saturated rings. The highest BCUT2D eigenvalue weighted by Crippen LogP contribution is 2.29. The molecule has 2 amide bonds. The van der Waals surface area contributed by atoms with E-state index in [0.29, 0.717) is 23.8 Å². The summed E-state index contributed by atoms with van der Waals surface area (Å²) in [5.74, 6) is -0.397. The van der Waals surface area contributed by atoms with Gasteiger partial charge in [0.1, 0.15) is 5.69 Å². The monoisotopic (exact) mass is 331 g/mol. The topological polar surface area (TPSA) is 87.2 Å². The van der Waals surface area contributed by atoms with Crippen LogP contribution in [0.5, 0.6) is 0 Å². The molecule has 3 rings (SSSR count). The maximum atomic E-state index is 12.0. The molecule has 0 saturated carbocycles. The van der Waals surface area contributed by atoms with Crippen LogP contribution in [-0.4, -0.2) is 41.4 Å². The minimum atomic E-state index is -0.362. The standard InChI is InChI=1S/C15H14ClN5O2/c16-11-7-10(20-15(23)12-8-17-3-4-18-12)1-2-13(11)21-6-5-19-14(22)9-21/h1-4,7-8H,5-6,9H2,(H,19,22)(H,20,23). The highest BCUT2D eigenvalue weighted by Gasteiger charge is 2.19. The van der Waals surface area contributed by atoms with Crippen LogP contribution >= 0.6 is 11.6 Å². The number of halogens is 1. The molecule has 0 bridgehead atoms. The van der Waals surface area contributed by atoms with E-state index >= 15 is 0 Å². The fourth-order valence-electron chi connectivity index (χ4n) is 2.30. The SMILES string of the molecule is O=C1CN(c2ccc(NC(=O)c3cnccn3)cc2Cl)CCN1. The minimum absolute atomic E-state index is 0.0349. The quantitative estimate of drug-likeness (QED) is 0.885.